The van der Waals surface area contributed by atoms with Gasteiger partial charge in [0.1, 0.15) is 11.6 Å². The van der Waals surface area contributed by atoms with E-state index in [2.05, 4.69) is 15.9 Å². The molecule has 0 unspecified atom stereocenters. The van der Waals surface area contributed by atoms with Gasteiger partial charge in [0.25, 0.3) is 0 Å². The molecule has 2 aromatic rings. The summed E-state index contributed by atoms with van der Waals surface area (Å²) in [6.45, 7) is 0. The molecule has 0 saturated carbocycles. The maximum Gasteiger partial charge on any atom is 0.197 e. The van der Waals surface area contributed by atoms with Crippen LogP contribution in [0.25, 0.3) is 0 Å². The fourth-order valence-electron chi connectivity index (χ4n) is 1.52. The Morgan fingerprint density at radius 2 is 1.84 bits per heavy atom. The molecule has 2 rings (SSSR count). The molecule has 0 aliphatic heterocycles. The summed E-state index contributed by atoms with van der Waals surface area (Å²) in [6.07, 6.45) is 0. The van der Waals surface area contributed by atoms with Crippen LogP contribution in [0.5, 0.6) is 0 Å². The molecule has 2 aromatic carbocycles. The number of rotatable bonds is 2. The molecule has 0 atom stereocenters. The van der Waals surface area contributed by atoms with Gasteiger partial charge in [-0.15, -0.1) is 0 Å². The number of ketones is 1. The van der Waals surface area contributed by atoms with E-state index >= 15 is 0 Å². The van der Waals surface area contributed by atoms with Crippen LogP contribution in [-0.2, 0) is 0 Å². The first kappa shape index (κ1) is 14.9. The third-order valence-electron chi connectivity index (χ3n) is 2.43. The summed E-state index contributed by atoms with van der Waals surface area (Å²) in [4.78, 5) is 12.2. The molecule has 0 aromatic heterocycles. The van der Waals surface area contributed by atoms with E-state index in [9.17, 15) is 13.6 Å². The fourth-order valence-corrected chi connectivity index (χ4v) is 2.72. The molecule has 0 fully saturated rings. The molecule has 0 aliphatic carbocycles. The van der Waals surface area contributed by atoms with Crippen molar-refractivity contribution in [2.45, 2.75) is 0 Å². The molecule has 19 heavy (non-hydrogen) atoms. The van der Waals surface area contributed by atoms with Crippen molar-refractivity contribution in [3.8, 4) is 0 Å². The van der Waals surface area contributed by atoms with Crippen LogP contribution in [0.3, 0.4) is 0 Å². The molecule has 0 heterocycles. The molecule has 6 heteroatoms. The molecular weight excluding hydrogens is 452 g/mol. The number of benzene rings is 2. The summed E-state index contributed by atoms with van der Waals surface area (Å²) < 4.78 is 27.6. The summed E-state index contributed by atoms with van der Waals surface area (Å²) in [5, 5.41) is 0.238. The Morgan fingerprint density at radius 3 is 2.47 bits per heavy atom. The van der Waals surface area contributed by atoms with Crippen molar-refractivity contribution in [1.82, 2.24) is 0 Å². The summed E-state index contributed by atoms with van der Waals surface area (Å²) in [6, 6.07) is 6.09. The molecule has 0 aliphatic rings. The highest BCUT2D eigenvalue weighted by Gasteiger charge is 2.18. The second kappa shape index (κ2) is 5.85. The summed E-state index contributed by atoms with van der Waals surface area (Å²) in [5.74, 6) is -1.66. The van der Waals surface area contributed by atoms with Gasteiger partial charge in [-0.05, 0) is 68.9 Å². The lowest BCUT2D eigenvalue weighted by Gasteiger charge is -2.07. The Balaban J connectivity index is 2.53. The predicted molar refractivity (Wildman–Crippen MR) is 81.7 cm³/mol. The summed E-state index contributed by atoms with van der Waals surface area (Å²) >= 11 is 10.8. The summed E-state index contributed by atoms with van der Waals surface area (Å²) in [7, 11) is 0. The van der Waals surface area contributed by atoms with Crippen molar-refractivity contribution in [2.75, 3.05) is 0 Å². The van der Waals surface area contributed by atoms with E-state index in [1.54, 1.807) is 0 Å². The van der Waals surface area contributed by atoms with E-state index in [1.165, 1.54) is 18.2 Å². The third kappa shape index (κ3) is 3.14. The highest BCUT2D eigenvalue weighted by molar-refractivity contribution is 14.1. The lowest BCUT2D eigenvalue weighted by Crippen LogP contribution is -2.07. The van der Waals surface area contributed by atoms with Gasteiger partial charge in [-0.1, -0.05) is 11.6 Å². The standard InChI is InChI=1S/C13H5BrClF2IO/c14-9-5-11(17)8(4-10(9)15)13(19)7-2-1-6(16)3-12(7)18/h1-5H. The van der Waals surface area contributed by atoms with Crippen LogP contribution in [0.1, 0.15) is 15.9 Å². The average Bonchev–Trinajstić information content (AvgIpc) is 2.33. The van der Waals surface area contributed by atoms with Crippen LogP contribution < -0.4 is 0 Å². The molecule has 0 amide bonds. The number of carbonyl (C=O) groups is 1. The van der Waals surface area contributed by atoms with Gasteiger partial charge in [0, 0.05) is 13.6 Å². The molecule has 0 bridgehead atoms. The van der Waals surface area contributed by atoms with Crippen LogP contribution >= 0.6 is 50.1 Å². The van der Waals surface area contributed by atoms with Crippen molar-refractivity contribution in [2.24, 2.45) is 0 Å². The van der Waals surface area contributed by atoms with Crippen LogP contribution in [0, 0.1) is 15.2 Å². The third-order valence-corrected chi connectivity index (χ3v) is 4.52. The van der Waals surface area contributed by atoms with Gasteiger partial charge in [-0.25, -0.2) is 8.78 Å². The van der Waals surface area contributed by atoms with E-state index in [1.807, 2.05) is 22.6 Å². The minimum absolute atomic E-state index is 0.141. The van der Waals surface area contributed by atoms with Crippen LogP contribution in [0.15, 0.2) is 34.8 Å². The number of hydrogen-bond acceptors (Lipinski definition) is 1. The normalized spacial score (nSPS) is 10.6. The zero-order valence-electron chi connectivity index (χ0n) is 9.18. The first-order chi connectivity index (χ1) is 8.90. The molecule has 0 spiro atoms. The van der Waals surface area contributed by atoms with E-state index in [-0.39, 0.29) is 16.1 Å². The van der Waals surface area contributed by atoms with Crippen molar-refractivity contribution in [3.63, 3.8) is 0 Å². The van der Waals surface area contributed by atoms with Crippen molar-refractivity contribution in [1.29, 1.82) is 0 Å². The molecule has 0 radical (unpaired) electrons. The van der Waals surface area contributed by atoms with Gasteiger partial charge in [-0.3, -0.25) is 4.79 Å². The van der Waals surface area contributed by atoms with E-state index in [4.69, 9.17) is 11.6 Å². The molecular formula is C13H5BrClF2IO. The Bertz CT molecular complexity index is 676. The van der Waals surface area contributed by atoms with Gasteiger partial charge in [0.2, 0.25) is 0 Å². The molecule has 1 nitrogen and oxygen atoms in total. The fraction of sp³-hybridized carbons (Fsp3) is 0. The van der Waals surface area contributed by atoms with E-state index in [0.29, 0.717) is 8.04 Å². The first-order valence-electron chi connectivity index (χ1n) is 5.04. The van der Waals surface area contributed by atoms with Gasteiger partial charge < -0.3 is 0 Å². The van der Waals surface area contributed by atoms with Gasteiger partial charge in [0.15, 0.2) is 5.78 Å². The number of carbonyl (C=O) groups excluding carboxylic acids is 1. The maximum absolute atomic E-state index is 13.8. The van der Waals surface area contributed by atoms with Gasteiger partial charge >= 0.3 is 0 Å². The topological polar surface area (TPSA) is 17.1 Å². The highest BCUT2D eigenvalue weighted by Crippen LogP contribution is 2.28. The second-order valence-corrected chi connectivity index (χ2v) is 6.12. The zero-order chi connectivity index (χ0) is 14.2. The van der Waals surface area contributed by atoms with E-state index in [0.717, 1.165) is 12.1 Å². The minimum atomic E-state index is -0.679. The Hall–Kier alpha value is -0.530. The van der Waals surface area contributed by atoms with Crippen LogP contribution in [-0.4, -0.2) is 5.78 Å². The number of hydrogen-bond donors (Lipinski definition) is 0. The van der Waals surface area contributed by atoms with Crippen molar-refractivity contribution < 1.29 is 13.6 Å². The maximum atomic E-state index is 13.8. The lowest BCUT2D eigenvalue weighted by atomic mass is 10.0. The monoisotopic (exact) mass is 456 g/mol. The molecule has 0 N–H and O–H groups in total. The minimum Gasteiger partial charge on any atom is -0.288 e. The largest absolute Gasteiger partial charge is 0.288 e. The Labute approximate surface area is 135 Å². The molecule has 98 valence electrons. The lowest BCUT2D eigenvalue weighted by molar-refractivity contribution is 0.103. The quantitative estimate of drug-likeness (QED) is 0.344. The summed E-state index contributed by atoms with van der Waals surface area (Å²) in [5.41, 5.74) is 0.0945. The zero-order valence-corrected chi connectivity index (χ0v) is 13.7. The van der Waals surface area contributed by atoms with Gasteiger partial charge in [-0.2, -0.15) is 0 Å². The average molecular weight is 457 g/mol. The first-order valence-corrected chi connectivity index (χ1v) is 7.29. The van der Waals surface area contributed by atoms with Gasteiger partial charge in [0.05, 0.1) is 10.6 Å². The van der Waals surface area contributed by atoms with Crippen molar-refractivity contribution in [3.05, 3.63) is 66.2 Å². The van der Waals surface area contributed by atoms with E-state index < -0.39 is 17.4 Å². The SMILES string of the molecule is O=C(c1cc(Cl)c(Br)cc1F)c1ccc(F)cc1I. The Kier molecular flexibility index (Phi) is 4.58. The molecule has 0 saturated heterocycles. The van der Waals surface area contributed by atoms with Crippen LogP contribution in [0.2, 0.25) is 5.02 Å². The van der Waals surface area contributed by atoms with Crippen LogP contribution in [0.4, 0.5) is 8.78 Å². The predicted octanol–water partition coefficient (Wildman–Crippen LogP) is 5.22. The number of halogens is 5. The highest BCUT2D eigenvalue weighted by atomic mass is 127. The Morgan fingerprint density at radius 1 is 1.16 bits per heavy atom. The van der Waals surface area contributed by atoms with Crippen molar-refractivity contribution >= 4 is 55.9 Å². The second-order valence-electron chi connectivity index (χ2n) is 3.70. The smallest absolute Gasteiger partial charge is 0.197 e.